The Labute approximate surface area is 134 Å². The summed E-state index contributed by atoms with van der Waals surface area (Å²) in [5.41, 5.74) is 5.77. The van der Waals surface area contributed by atoms with Gasteiger partial charge in [-0.2, -0.15) is 0 Å². The highest BCUT2D eigenvalue weighted by Crippen LogP contribution is 2.19. The molecule has 1 unspecified atom stereocenters. The number of hydrogen-bond acceptors (Lipinski definition) is 4. The van der Waals surface area contributed by atoms with E-state index in [1.807, 2.05) is 24.3 Å². The van der Waals surface area contributed by atoms with Gasteiger partial charge in [-0.1, -0.05) is 6.92 Å². The van der Waals surface area contributed by atoms with Crippen molar-refractivity contribution in [2.45, 2.75) is 32.2 Å². The van der Waals surface area contributed by atoms with Crippen LogP contribution in [0.3, 0.4) is 0 Å². The Bertz CT molecular complexity index is 386. The maximum atomic E-state index is 5.78. The Morgan fingerprint density at radius 3 is 2.33 bits per heavy atom. The summed E-state index contributed by atoms with van der Waals surface area (Å²) in [4.78, 5) is 2.43. The van der Waals surface area contributed by atoms with E-state index in [1.54, 1.807) is 0 Å². The second-order valence-electron chi connectivity index (χ2n) is 5.24. The van der Waals surface area contributed by atoms with Gasteiger partial charge in [0.05, 0.1) is 6.61 Å². The van der Waals surface area contributed by atoms with Crippen LogP contribution in [-0.2, 0) is 0 Å². The van der Waals surface area contributed by atoms with Gasteiger partial charge in [0.2, 0.25) is 0 Å². The van der Waals surface area contributed by atoms with Crippen molar-refractivity contribution >= 4 is 12.4 Å². The van der Waals surface area contributed by atoms with Crippen LogP contribution in [0.5, 0.6) is 11.5 Å². The fraction of sp³-hybridized carbons (Fsp3) is 0.625. The molecule has 2 rings (SSSR count). The third kappa shape index (κ3) is 5.73. The first kappa shape index (κ1) is 18.1. The highest BCUT2D eigenvalue weighted by atomic mass is 35.5. The zero-order valence-corrected chi connectivity index (χ0v) is 13.6. The average Bonchev–Trinajstić information content (AvgIpc) is 2.94. The molecule has 0 spiro atoms. The van der Waals surface area contributed by atoms with Gasteiger partial charge in [-0.25, -0.2) is 0 Å². The largest absolute Gasteiger partial charge is 0.494 e. The normalized spacial score (nSPS) is 18.3. The molecule has 0 saturated carbocycles. The molecule has 1 saturated heterocycles. The van der Waals surface area contributed by atoms with Crippen molar-refractivity contribution in [2.75, 3.05) is 32.8 Å². The van der Waals surface area contributed by atoms with Crippen LogP contribution < -0.4 is 15.2 Å². The molecular weight excluding hydrogens is 288 g/mol. The minimum Gasteiger partial charge on any atom is -0.494 e. The Kier molecular flexibility index (Phi) is 8.50. The van der Waals surface area contributed by atoms with Crippen molar-refractivity contribution in [2.24, 2.45) is 5.73 Å². The molecule has 1 heterocycles. The second kappa shape index (κ2) is 9.87. The van der Waals surface area contributed by atoms with Crippen LogP contribution in [0.2, 0.25) is 0 Å². The summed E-state index contributed by atoms with van der Waals surface area (Å²) in [6.07, 6.45) is 3.50. The molecule has 21 heavy (non-hydrogen) atoms. The van der Waals surface area contributed by atoms with E-state index in [2.05, 4.69) is 11.8 Å². The molecule has 1 aliphatic heterocycles. The van der Waals surface area contributed by atoms with Crippen molar-refractivity contribution in [1.29, 1.82) is 0 Å². The number of ether oxygens (including phenoxy) is 2. The maximum absolute atomic E-state index is 5.78. The lowest BCUT2D eigenvalue weighted by atomic mass is 10.2. The van der Waals surface area contributed by atoms with Crippen LogP contribution in [0, 0.1) is 0 Å². The third-order valence-electron chi connectivity index (χ3n) is 3.71. The number of hydrogen-bond donors (Lipinski definition) is 1. The van der Waals surface area contributed by atoms with Crippen LogP contribution >= 0.6 is 12.4 Å². The van der Waals surface area contributed by atoms with Crippen LogP contribution in [0.1, 0.15) is 26.2 Å². The van der Waals surface area contributed by atoms with Crippen LogP contribution in [0.15, 0.2) is 24.3 Å². The summed E-state index contributed by atoms with van der Waals surface area (Å²) in [5, 5.41) is 0. The Morgan fingerprint density at radius 2 is 1.76 bits per heavy atom. The van der Waals surface area contributed by atoms with Crippen molar-refractivity contribution in [1.82, 2.24) is 4.90 Å². The predicted octanol–water partition coefficient (Wildman–Crippen LogP) is 2.70. The number of benzene rings is 1. The smallest absolute Gasteiger partial charge is 0.119 e. The molecule has 1 fully saturated rings. The minimum absolute atomic E-state index is 0. The molecule has 4 nitrogen and oxygen atoms in total. The number of nitrogens with zero attached hydrogens (tertiary/aromatic N) is 1. The monoisotopic (exact) mass is 314 g/mol. The lowest BCUT2D eigenvalue weighted by molar-refractivity contribution is 0.199. The quantitative estimate of drug-likeness (QED) is 0.801. The topological polar surface area (TPSA) is 47.7 Å². The van der Waals surface area contributed by atoms with Gasteiger partial charge in [0.25, 0.3) is 0 Å². The molecule has 5 heteroatoms. The summed E-state index contributed by atoms with van der Waals surface area (Å²) >= 11 is 0. The Hall–Kier alpha value is -0.970. The van der Waals surface area contributed by atoms with Crippen molar-refractivity contribution in [3.63, 3.8) is 0 Å². The summed E-state index contributed by atoms with van der Waals surface area (Å²) in [6, 6.07) is 8.40. The third-order valence-corrected chi connectivity index (χ3v) is 3.71. The second-order valence-corrected chi connectivity index (χ2v) is 5.24. The molecule has 0 radical (unpaired) electrons. The standard InChI is InChI=1S/C16H26N2O2.ClH/c1-2-11-19-15-5-7-16(8-6-15)20-12-10-18-9-3-4-14(18)13-17;/h5-8,14H,2-4,9-13,17H2,1H3;1H. The zero-order chi connectivity index (χ0) is 14.2. The molecule has 0 aliphatic carbocycles. The van der Waals surface area contributed by atoms with Gasteiger partial charge < -0.3 is 15.2 Å². The number of rotatable bonds is 8. The minimum atomic E-state index is 0. The van der Waals surface area contributed by atoms with Crippen LogP contribution in [-0.4, -0.2) is 43.8 Å². The Morgan fingerprint density at radius 1 is 1.14 bits per heavy atom. The number of halogens is 1. The first-order valence-electron chi connectivity index (χ1n) is 7.63. The molecule has 0 bridgehead atoms. The molecule has 1 aliphatic rings. The summed E-state index contributed by atoms with van der Waals surface area (Å²) in [6.45, 7) is 6.43. The molecule has 1 aromatic carbocycles. The summed E-state index contributed by atoms with van der Waals surface area (Å²) < 4.78 is 11.3. The van der Waals surface area contributed by atoms with E-state index in [0.717, 1.165) is 44.2 Å². The van der Waals surface area contributed by atoms with Gasteiger partial charge in [-0.05, 0) is 50.1 Å². The molecule has 0 aromatic heterocycles. The van der Waals surface area contributed by atoms with Gasteiger partial charge in [-0.15, -0.1) is 12.4 Å². The lowest BCUT2D eigenvalue weighted by Gasteiger charge is -2.22. The highest BCUT2D eigenvalue weighted by molar-refractivity contribution is 5.85. The number of nitrogens with two attached hydrogens (primary N) is 1. The van der Waals surface area contributed by atoms with Crippen molar-refractivity contribution in [3.8, 4) is 11.5 Å². The SMILES string of the molecule is CCCOc1ccc(OCCN2CCCC2CN)cc1.Cl. The van der Waals surface area contributed by atoms with Crippen molar-refractivity contribution in [3.05, 3.63) is 24.3 Å². The molecular formula is C16H27ClN2O2. The van der Waals surface area contributed by atoms with Gasteiger partial charge in [-0.3, -0.25) is 4.90 Å². The lowest BCUT2D eigenvalue weighted by Crippen LogP contribution is -2.37. The molecule has 0 amide bonds. The van der Waals surface area contributed by atoms with E-state index in [-0.39, 0.29) is 12.4 Å². The van der Waals surface area contributed by atoms with E-state index >= 15 is 0 Å². The molecule has 1 aromatic rings. The van der Waals surface area contributed by atoms with E-state index in [4.69, 9.17) is 15.2 Å². The Balaban J connectivity index is 0.00000220. The average molecular weight is 315 g/mol. The van der Waals surface area contributed by atoms with E-state index < -0.39 is 0 Å². The van der Waals surface area contributed by atoms with E-state index in [0.29, 0.717) is 12.6 Å². The zero-order valence-electron chi connectivity index (χ0n) is 12.8. The van der Waals surface area contributed by atoms with Gasteiger partial charge in [0.15, 0.2) is 0 Å². The predicted molar refractivity (Wildman–Crippen MR) is 88.6 cm³/mol. The fourth-order valence-electron chi connectivity index (χ4n) is 2.59. The molecule has 1 atom stereocenters. The first-order chi connectivity index (χ1) is 9.83. The van der Waals surface area contributed by atoms with Gasteiger partial charge >= 0.3 is 0 Å². The summed E-state index contributed by atoms with van der Waals surface area (Å²) in [7, 11) is 0. The highest BCUT2D eigenvalue weighted by Gasteiger charge is 2.22. The molecule has 120 valence electrons. The van der Waals surface area contributed by atoms with E-state index in [9.17, 15) is 0 Å². The van der Waals surface area contributed by atoms with Crippen LogP contribution in [0.25, 0.3) is 0 Å². The van der Waals surface area contributed by atoms with Gasteiger partial charge in [0, 0.05) is 19.1 Å². The van der Waals surface area contributed by atoms with Crippen LogP contribution in [0.4, 0.5) is 0 Å². The fourth-order valence-corrected chi connectivity index (χ4v) is 2.59. The van der Waals surface area contributed by atoms with E-state index in [1.165, 1.54) is 12.8 Å². The first-order valence-corrected chi connectivity index (χ1v) is 7.63. The summed E-state index contributed by atoms with van der Waals surface area (Å²) in [5.74, 6) is 1.80. The molecule has 2 N–H and O–H groups in total. The van der Waals surface area contributed by atoms with Crippen molar-refractivity contribution < 1.29 is 9.47 Å². The maximum Gasteiger partial charge on any atom is 0.119 e. The van der Waals surface area contributed by atoms with Gasteiger partial charge in [0.1, 0.15) is 18.1 Å². The number of likely N-dealkylation sites (tertiary alicyclic amines) is 1.